The van der Waals surface area contributed by atoms with Crippen LogP contribution in [0.2, 0.25) is 0 Å². The normalized spacial score (nSPS) is 11.0. The van der Waals surface area contributed by atoms with Gasteiger partial charge in [0.1, 0.15) is 0 Å². The van der Waals surface area contributed by atoms with Crippen LogP contribution >= 0.6 is 0 Å². The Bertz CT molecular complexity index is 298. The van der Waals surface area contributed by atoms with Crippen molar-refractivity contribution in [2.45, 2.75) is 5.92 Å². The Hall–Kier alpha value is -1.45. The number of halogens is 2. The van der Waals surface area contributed by atoms with Crippen LogP contribution in [0.1, 0.15) is 5.56 Å². The first-order valence-corrected chi connectivity index (χ1v) is 3.74. The maximum absolute atomic E-state index is 13.1. The van der Waals surface area contributed by atoms with E-state index in [4.69, 9.17) is 0 Å². The number of carbonyl (C=O) groups excluding carboxylic acids is 1. The van der Waals surface area contributed by atoms with E-state index in [9.17, 15) is 13.6 Å². The van der Waals surface area contributed by atoms with Crippen molar-refractivity contribution in [1.82, 2.24) is 5.32 Å². The van der Waals surface area contributed by atoms with Crippen molar-refractivity contribution in [3.05, 3.63) is 35.9 Å². The lowest BCUT2D eigenvalue weighted by atomic mass is 10.1. The van der Waals surface area contributed by atoms with E-state index in [1.807, 2.05) is 5.32 Å². The molecule has 4 heteroatoms. The van der Waals surface area contributed by atoms with Gasteiger partial charge in [0.2, 0.25) is 0 Å². The molecule has 0 aliphatic heterocycles. The van der Waals surface area contributed by atoms with Gasteiger partial charge in [-0.1, -0.05) is 30.3 Å². The third-order valence-electron chi connectivity index (χ3n) is 1.65. The molecule has 0 fully saturated rings. The molecule has 1 N–H and O–H groups in total. The summed E-state index contributed by atoms with van der Waals surface area (Å²) in [7, 11) is 1.18. The summed E-state index contributed by atoms with van der Waals surface area (Å²) in [6.07, 6.45) is 0. The van der Waals surface area contributed by atoms with Gasteiger partial charge in [-0.3, -0.25) is 4.79 Å². The molecule has 0 bridgehead atoms. The smallest absolute Gasteiger partial charge is 0.349 e. The molecule has 0 spiro atoms. The van der Waals surface area contributed by atoms with Crippen molar-refractivity contribution in [3.8, 4) is 0 Å². The highest BCUT2D eigenvalue weighted by atomic mass is 19.3. The molecule has 1 aromatic carbocycles. The molecule has 0 aromatic heterocycles. The van der Waals surface area contributed by atoms with Gasteiger partial charge in [-0.05, 0) is 0 Å². The average Bonchev–Trinajstić information content (AvgIpc) is 2.18. The molecule has 0 saturated carbocycles. The highest BCUT2D eigenvalue weighted by Gasteiger charge is 2.39. The molecular weight excluding hydrogens is 176 g/mol. The number of carbonyl (C=O) groups is 1. The zero-order chi connectivity index (χ0) is 9.90. The number of hydrogen-bond donors (Lipinski definition) is 1. The molecule has 0 unspecified atom stereocenters. The molecule has 0 heterocycles. The Kier molecular flexibility index (Phi) is 2.60. The van der Waals surface area contributed by atoms with Crippen LogP contribution in [0.4, 0.5) is 8.78 Å². The predicted octanol–water partition coefficient (Wildman–Crippen LogP) is 1.52. The number of nitrogens with one attached hydrogen (secondary N) is 1. The lowest BCUT2D eigenvalue weighted by Gasteiger charge is -2.13. The molecule has 0 aliphatic rings. The zero-order valence-electron chi connectivity index (χ0n) is 7.05. The van der Waals surface area contributed by atoms with Crippen LogP contribution in [0.15, 0.2) is 30.3 Å². The van der Waals surface area contributed by atoms with Crippen molar-refractivity contribution in [3.63, 3.8) is 0 Å². The van der Waals surface area contributed by atoms with E-state index in [0.717, 1.165) is 0 Å². The Labute approximate surface area is 74.6 Å². The number of benzene rings is 1. The first-order chi connectivity index (χ1) is 6.09. The lowest BCUT2D eigenvalue weighted by Crippen LogP contribution is -2.35. The fourth-order valence-corrected chi connectivity index (χ4v) is 0.936. The minimum atomic E-state index is -3.45. The van der Waals surface area contributed by atoms with Gasteiger partial charge in [0, 0.05) is 12.6 Å². The average molecular weight is 185 g/mol. The second kappa shape index (κ2) is 3.51. The summed E-state index contributed by atoms with van der Waals surface area (Å²) in [5.74, 6) is -4.74. The monoisotopic (exact) mass is 185 g/mol. The maximum atomic E-state index is 13.1. The minimum absolute atomic E-state index is 0.297. The van der Waals surface area contributed by atoms with E-state index < -0.39 is 11.8 Å². The first-order valence-electron chi connectivity index (χ1n) is 3.74. The van der Waals surface area contributed by atoms with Crippen molar-refractivity contribution in [2.24, 2.45) is 0 Å². The molecule has 2 nitrogen and oxygen atoms in total. The van der Waals surface area contributed by atoms with E-state index >= 15 is 0 Å². The molecule has 70 valence electrons. The van der Waals surface area contributed by atoms with Gasteiger partial charge < -0.3 is 5.32 Å². The van der Waals surface area contributed by atoms with Crippen molar-refractivity contribution in [1.29, 1.82) is 0 Å². The van der Waals surface area contributed by atoms with Gasteiger partial charge in [0.25, 0.3) is 5.91 Å². The zero-order valence-corrected chi connectivity index (χ0v) is 7.05. The van der Waals surface area contributed by atoms with Crippen molar-refractivity contribution >= 4 is 5.91 Å². The fraction of sp³-hybridized carbons (Fsp3) is 0.222. The van der Waals surface area contributed by atoms with Crippen LogP contribution in [0.25, 0.3) is 0 Å². The van der Waals surface area contributed by atoms with Gasteiger partial charge >= 0.3 is 5.92 Å². The largest absolute Gasteiger partial charge is 0.354 e. The molecule has 1 rings (SSSR count). The van der Waals surface area contributed by atoms with Crippen LogP contribution in [0.5, 0.6) is 0 Å². The second-order valence-corrected chi connectivity index (χ2v) is 2.52. The fourth-order valence-electron chi connectivity index (χ4n) is 0.936. The summed E-state index contributed by atoms with van der Waals surface area (Å²) in [5.41, 5.74) is -0.297. The quantitative estimate of drug-likeness (QED) is 0.743. The van der Waals surface area contributed by atoms with Gasteiger partial charge in [0.15, 0.2) is 0 Å². The molecule has 1 aromatic rings. The van der Waals surface area contributed by atoms with Gasteiger partial charge in [0.05, 0.1) is 0 Å². The Morgan fingerprint density at radius 3 is 2.31 bits per heavy atom. The van der Waals surface area contributed by atoms with Crippen LogP contribution in [-0.4, -0.2) is 13.0 Å². The summed E-state index contributed by atoms with van der Waals surface area (Å²) in [5, 5.41) is 1.91. The standard InChI is InChI=1S/C9H9F2NO/c1-12-8(13)9(10,11)7-5-3-2-4-6-7/h2-6H,1H3,(H,12,13). The summed E-state index contributed by atoms with van der Waals surface area (Å²) < 4.78 is 26.3. The van der Waals surface area contributed by atoms with E-state index in [1.165, 1.54) is 31.3 Å². The van der Waals surface area contributed by atoms with E-state index in [2.05, 4.69) is 0 Å². The number of alkyl halides is 2. The number of likely N-dealkylation sites (N-methyl/N-ethyl adjacent to an activating group) is 1. The van der Waals surface area contributed by atoms with Gasteiger partial charge in [-0.2, -0.15) is 8.78 Å². The van der Waals surface area contributed by atoms with E-state index in [1.54, 1.807) is 6.07 Å². The third-order valence-corrected chi connectivity index (χ3v) is 1.65. The van der Waals surface area contributed by atoms with Crippen LogP contribution in [0.3, 0.4) is 0 Å². The van der Waals surface area contributed by atoms with Crippen LogP contribution in [0, 0.1) is 0 Å². The first kappa shape index (κ1) is 9.64. The van der Waals surface area contributed by atoms with Gasteiger partial charge in [-0.25, -0.2) is 0 Å². The Morgan fingerprint density at radius 1 is 1.31 bits per heavy atom. The Balaban J connectivity index is 3.00. The topological polar surface area (TPSA) is 29.1 Å². The lowest BCUT2D eigenvalue weighted by molar-refractivity contribution is -0.146. The third kappa shape index (κ3) is 1.83. The van der Waals surface area contributed by atoms with Gasteiger partial charge in [-0.15, -0.1) is 0 Å². The van der Waals surface area contributed by atoms with Crippen LogP contribution < -0.4 is 5.32 Å². The molecule has 0 aliphatic carbocycles. The van der Waals surface area contributed by atoms with Crippen molar-refractivity contribution < 1.29 is 13.6 Å². The van der Waals surface area contributed by atoms with Crippen LogP contribution in [-0.2, 0) is 10.7 Å². The minimum Gasteiger partial charge on any atom is -0.354 e. The molecule has 0 radical (unpaired) electrons. The molecule has 1 amide bonds. The predicted molar refractivity (Wildman–Crippen MR) is 44.4 cm³/mol. The second-order valence-electron chi connectivity index (χ2n) is 2.52. The number of rotatable bonds is 2. The number of hydrogen-bond acceptors (Lipinski definition) is 1. The summed E-state index contributed by atoms with van der Waals surface area (Å²) in [6.45, 7) is 0. The Morgan fingerprint density at radius 2 is 1.85 bits per heavy atom. The molecule has 13 heavy (non-hydrogen) atoms. The molecule has 0 saturated heterocycles. The SMILES string of the molecule is CNC(=O)C(F)(F)c1ccccc1. The highest BCUT2D eigenvalue weighted by Crippen LogP contribution is 2.27. The summed E-state index contributed by atoms with van der Waals surface area (Å²) in [6, 6.07) is 6.98. The number of amides is 1. The highest BCUT2D eigenvalue weighted by molar-refractivity contribution is 5.84. The summed E-state index contributed by atoms with van der Waals surface area (Å²) in [4.78, 5) is 10.8. The summed E-state index contributed by atoms with van der Waals surface area (Å²) >= 11 is 0. The van der Waals surface area contributed by atoms with Crippen molar-refractivity contribution in [2.75, 3.05) is 7.05 Å². The maximum Gasteiger partial charge on any atom is 0.349 e. The van der Waals surface area contributed by atoms with E-state index in [-0.39, 0.29) is 5.56 Å². The van der Waals surface area contributed by atoms with E-state index in [0.29, 0.717) is 0 Å². The molecule has 0 atom stereocenters. The molecular formula is C9H9F2NO.